The van der Waals surface area contributed by atoms with Crippen LogP contribution in [-0.4, -0.2) is 39.8 Å². The quantitative estimate of drug-likeness (QED) is 0.871. The number of methoxy groups -OCH3 is 2. The fourth-order valence-corrected chi connectivity index (χ4v) is 3.87. The molecule has 1 aliphatic heterocycles. The molecule has 0 atom stereocenters. The van der Waals surface area contributed by atoms with Crippen molar-refractivity contribution in [2.45, 2.75) is 43.9 Å². The van der Waals surface area contributed by atoms with E-state index in [0.29, 0.717) is 0 Å². The van der Waals surface area contributed by atoms with Crippen molar-refractivity contribution in [3.63, 3.8) is 0 Å². The second kappa shape index (κ2) is 7.77. The minimum atomic E-state index is 0.138. The van der Waals surface area contributed by atoms with Crippen LogP contribution in [0.2, 0.25) is 0 Å². The third kappa shape index (κ3) is 3.60. The molecule has 3 rings (SSSR count). The van der Waals surface area contributed by atoms with Crippen molar-refractivity contribution in [3.8, 4) is 11.5 Å². The molecule has 1 heterocycles. The molecule has 24 heavy (non-hydrogen) atoms. The number of nitrogens with zero attached hydrogens (tertiary/aromatic N) is 1. The second-order valence-corrected chi connectivity index (χ2v) is 6.77. The zero-order chi connectivity index (χ0) is 16.8. The van der Waals surface area contributed by atoms with Gasteiger partial charge < -0.3 is 20.1 Å². The van der Waals surface area contributed by atoms with E-state index in [1.165, 1.54) is 37.7 Å². The van der Waals surface area contributed by atoms with E-state index in [9.17, 15) is 0 Å². The average Bonchev–Trinajstić information content (AvgIpc) is 2.67. The summed E-state index contributed by atoms with van der Waals surface area (Å²) in [7, 11) is 3.39. The Morgan fingerprint density at radius 2 is 1.88 bits per heavy atom. The van der Waals surface area contributed by atoms with Gasteiger partial charge in [0.05, 0.1) is 14.2 Å². The first-order chi connectivity index (χ1) is 11.8. The first-order valence-corrected chi connectivity index (χ1v) is 9.02. The molecule has 0 saturated heterocycles. The first-order valence-electron chi connectivity index (χ1n) is 9.02. The average molecular weight is 331 g/mol. The fraction of sp³-hybridized carbons (Fsp3) is 0.632. The van der Waals surface area contributed by atoms with Gasteiger partial charge in [0.1, 0.15) is 0 Å². The van der Waals surface area contributed by atoms with Gasteiger partial charge in [-0.1, -0.05) is 25.3 Å². The molecular formula is C19H29N3O2. The van der Waals surface area contributed by atoms with Crippen LogP contribution in [0.25, 0.3) is 0 Å². The Balaban J connectivity index is 1.83. The Bertz CT molecular complexity index is 580. The number of rotatable bonds is 5. The van der Waals surface area contributed by atoms with Gasteiger partial charge in [0.2, 0.25) is 0 Å². The Labute approximate surface area is 144 Å². The predicted octanol–water partition coefficient (Wildman–Crippen LogP) is 2.84. The maximum absolute atomic E-state index is 5.53. The van der Waals surface area contributed by atoms with Gasteiger partial charge in [0.25, 0.3) is 0 Å². The third-order valence-corrected chi connectivity index (χ3v) is 5.30. The van der Waals surface area contributed by atoms with Crippen LogP contribution in [-0.2, 0) is 5.41 Å². The summed E-state index contributed by atoms with van der Waals surface area (Å²) in [6, 6.07) is 6.38. The van der Waals surface area contributed by atoms with Crippen LogP contribution in [0.4, 0.5) is 0 Å². The molecule has 1 aromatic rings. The van der Waals surface area contributed by atoms with Crippen LogP contribution in [0.1, 0.15) is 44.1 Å². The normalized spacial score (nSPS) is 19.8. The molecule has 0 amide bonds. The second-order valence-electron chi connectivity index (χ2n) is 6.77. The molecule has 1 aromatic carbocycles. The molecule has 5 nitrogen and oxygen atoms in total. The van der Waals surface area contributed by atoms with Crippen molar-refractivity contribution in [2.75, 3.05) is 33.9 Å². The minimum absolute atomic E-state index is 0.138. The van der Waals surface area contributed by atoms with E-state index in [4.69, 9.17) is 9.47 Å². The molecule has 1 fully saturated rings. The van der Waals surface area contributed by atoms with Crippen LogP contribution in [0, 0.1) is 0 Å². The molecule has 2 aliphatic rings. The van der Waals surface area contributed by atoms with Gasteiger partial charge in [0, 0.05) is 25.0 Å². The van der Waals surface area contributed by atoms with Crippen LogP contribution in [0.15, 0.2) is 23.2 Å². The van der Waals surface area contributed by atoms with Crippen LogP contribution in [0.3, 0.4) is 0 Å². The number of hydrogen-bond donors (Lipinski definition) is 2. The van der Waals surface area contributed by atoms with E-state index in [1.54, 1.807) is 14.2 Å². The van der Waals surface area contributed by atoms with Crippen molar-refractivity contribution in [1.29, 1.82) is 0 Å². The number of aliphatic imine (C=N–C) groups is 1. The Morgan fingerprint density at radius 1 is 1.08 bits per heavy atom. The highest BCUT2D eigenvalue weighted by Gasteiger charge is 2.34. The van der Waals surface area contributed by atoms with Gasteiger partial charge in [0.15, 0.2) is 17.5 Å². The fourth-order valence-electron chi connectivity index (χ4n) is 3.87. The van der Waals surface area contributed by atoms with Crippen molar-refractivity contribution in [1.82, 2.24) is 10.6 Å². The first kappa shape index (κ1) is 16.9. The van der Waals surface area contributed by atoms with Crippen molar-refractivity contribution < 1.29 is 9.47 Å². The highest BCUT2D eigenvalue weighted by atomic mass is 16.5. The maximum atomic E-state index is 5.53. The lowest BCUT2D eigenvalue weighted by Crippen LogP contribution is -2.48. The zero-order valence-electron chi connectivity index (χ0n) is 14.9. The lowest BCUT2D eigenvalue weighted by molar-refractivity contribution is 0.288. The molecule has 2 N–H and O–H groups in total. The Hall–Kier alpha value is -1.91. The molecule has 1 aliphatic carbocycles. The summed E-state index contributed by atoms with van der Waals surface area (Å²) in [5.74, 6) is 2.55. The van der Waals surface area contributed by atoms with E-state index in [-0.39, 0.29) is 5.41 Å². The topological polar surface area (TPSA) is 54.9 Å². The molecule has 0 aromatic heterocycles. The number of benzene rings is 1. The lowest BCUT2D eigenvalue weighted by atomic mass is 9.69. The molecule has 132 valence electrons. The van der Waals surface area contributed by atoms with Crippen LogP contribution in [0.5, 0.6) is 11.5 Å². The third-order valence-electron chi connectivity index (χ3n) is 5.30. The van der Waals surface area contributed by atoms with Crippen molar-refractivity contribution >= 4 is 5.96 Å². The van der Waals surface area contributed by atoms with Crippen LogP contribution >= 0.6 is 0 Å². The standard InChI is InChI=1S/C19H29N3O2/c1-23-16-8-7-15(13-17(16)24-2)19(9-4-3-5-10-19)14-22-18-20-11-6-12-21-18/h7-8,13H,3-6,9-12,14H2,1-2H3,(H2,20,21,22). The van der Waals surface area contributed by atoms with Crippen LogP contribution < -0.4 is 20.1 Å². The summed E-state index contributed by atoms with van der Waals surface area (Å²) < 4.78 is 10.9. The van der Waals surface area contributed by atoms with E-state index < -0.39 is 0 Å². The predicted molar refractivity (Wildman–Crippen MR) is 97.2 cm³/mol. The summed E-state index contributed by atoms with van der Waals surface area (Å²) in [5, 5.41) is 6.93. The van der Waals surface area contributed by atoms with E-state index in [0.717, 1.165) is 43.5 Å². The SMILES string of the molecule is COc1ccc(C2(CNC3=NCCCN3)CCCCC2)cc1OC. The van der Waals surface area contributed by atoms with E-state index in [2.05, 4.69) is 27.8 Å². The molecule has 1 saturated carbocycles. The highest BCUT2D eigenvalue weighted by molar-refractivity contribution is 5.80. The van der Waals surface area contributed by atoms with Gasteiger partial charge in [-0.3, -0.25) is 4.99 Å². The largest absolute Gasteiger partial charge is 0.493 e. The molecule has 5 heteroatoms. The monoisotopic (exact) mass is 331 g/mol. The summed E-state index contributed by atoms with van der Waals surface area (Å²) in [4.78, 5) is 4.55. The zero-order valence-corrected chi connectivity index (χ0v) is 14.9. The molecular weight excluding hydrogens is 302 g/mol. The van der Waals surface area contributed by atoms with E-state index >= 15 is 0 Å². The minimum Gasteiger partial charge on any atom is -0.493 e. The Kier molecular flexibility index (Phi) is 5.48. The molecule has 0 radical (unpaired) electrons. The summed E-state index contributed by atoms with van der Waals surface area (Å²) in [5.41, 5.74) is 1.48. The van der Waals surface area contributed by atoms with Gasteiger partial charge >= 0.3 is 0 Å². The van der Waals surface area contributed by atoms with Gasteiger partial charge in [-0.05, 0) is 37.0 Å². The number of guanidine groups is 1. The summed E-state index contributed by atoms with van der Waals surface area (Å²) in [6.07, 6.45) is 7.39. The summed E-state index contributed by atoms with van der Waals surface area (Å²) >= 11 is 0. The van der Waals surface area contributed by atoms with Crippen molar-refractivity contribution in [2.24, 2.45) is 4.99 Å². The van der Waals surface area contributed by atoms with Gasteiger partial charge in [-0.15, -0.1) is 0 Å². The van der Waals surface area contributed by atoms with E-state index in [1.807, 2.05) is 6.07 Å². The highest BCUT2D eigenvalue weighted by Crippen LogP contribution is 2.42. The number of hydrogen-bond acceptors (Lipinski definition) is 5. The number of ether oxygens (including phenoxy) is 2. The summed E-state index contributed by atoms with van der Waals surface area (Å²) in [6.45, 7) is 2.84. The molecule has 0 unspecified atom stereocenters. The maximum Gasteiger partial charge on any atom is 0.191 e. The van der Waals surface area contributed by atoms with Gasteiger partial charge in [-0.2, -0.15) is 0 Å². The molecule has 0 bridgehead atoms. The van der Waals surface area contributed by atoms with Crippen molar-refractivity contribution in [3.05, 3.63) is 23.8 Å². The number of nitrogens with one attached hydrogen (secondary N) is 2. The molecule has 0 spiro atoms. The smallest absolute Gasteiger partial charge is 0.191 e. The van der Waals surface area contributed by atoms with Gasteiger partial charge in [-0.25, -0.2) is 0 Å². The Morgan fingerprint density at radius 3 is 2.54 bits per heavy atom. The lowest BCUT2D eigenvalue weighted by Gasteiger charge is -2.39.